The lowest BCUT2D eigenvalue weighted by Crippen LogP contribution is -2.48. The van der Waals surface area contributed by atoms with Crippen LogP contribution in [0.15, 0.2) is 41.6 Å². The Hall–Kier alpha value is -1.90. The van der Waals surface area contributed by atoms with Crippen LogP contribution in [0.5, 0.6) is 5.75 Å². The number of imidazole rings is 1. The van der Waals surface area contributed by atoms with E-state index in [-0.39, 0.29) is 0 Å². The zero-order chi connectivity index (χ0) is 17.2. The average molecular weight is 350 g/mol. The molecule has 0 N–H and O–H groups in total. The highest BCUT2D eigenvalue weighted by molar-refractivity contribution is 7.89. The molecule has 0 aliphatic carbocycles. The molecule has 2 heterocycles. The van der Waals surface area contributed by atoms with Crippen molar-refractivity contribution in [2.75, 3.05) is 33.3 Å². The Kier molecular flexibility index (Phi) is 4.88. The lowest BCUT2D eigenvalue weighted by molar-refractivity contribution is 0.177. The quantitative estimate of drug-likeness (QED) is 0.803. The first-order chi connectivity index (χ1) is 11.5. The topological polar surface area (TPSA) is 67.7 Å². The average Bonchev–Trinajstić information content (AvgIpc) is 3.00. The van der Waals surface area contributed by atoms with Crippen molar-refractivity contribution in [3.63, 3.8) is 0 Å². The first kappa shape index (κ1) is 16.9. The van der Waals surface area contributed by atoms with E-state index in [1.807, 2.05) is 17.8 Å². The highest BCUT2D eigenvalue weighted by Crippen LogP contribution is 2.21. The summed E-state index contributed by atoms with van der Waals surface area (Å²) in [6.45, 7) is 3.10. The number of nitrogens with zero attached hydrogens (tertiary/aromatic N) is 4. The Morgan fingerprint density at radius 3 is 2.33 bits per heavy atom. The number of aryl methyl sites for hydroxylation is 1. The molecule has 8 heteroatoms. The lowest BCUT2D eigenvalue weighted by atomic mass is 10.3. The molecule has 0 atom stereocenters. The van der Waals surface area contributed by atoms with Crippen LogP contribution in [0.2, 0.25) is 0 Å². The van der Waals surface area contributed by atoms with Gasteiger partial charge in [0.25, 0.3) is 0 Å². The molecular formula is C16H22N4O3S. The number of piperazine rings is 1. The molecule has 0 unspecified atom stereocenters. The fourth-order valence-corrected chi connectivity index (χ4v) is 4.20. The van der Waals surface area contributed by atoms with Crippen LogP contribution in [-0.4, -0.2) is 60.5 Å². The number of rotatable bonds is 5. The normalized spacial score (nSPS) is 17.1. The van der Waals surface area contributed by atoms with Crippen LogP contribution in [0.25, 0.3) is 0 Å². The fraction of sp³-hybridized carbons (Fsp3) is 0.438. The maximum atomic E-state index is 12.7. The van der Waals surface area contributed by atoms with Gasteiger partial charge in [0.05, 0.1) is 18.6 Å². The van der Waals surface area contributed by atoms with Crippen molar-refractivity contribution in [2.24, 2.45) is 7.05 Å². The number of hydrogen-bond donors (Lipinski definition) is 0. The molecule has 0 radical (unpaired) electrons. The second kappa shape index (κ2) is 6.92. The van der Waals surface area contributed by atoms with Crippen LogP contribution >= 0.6 is 0 Å². The fourth-order valence-electron chi connectivity index (χ4n) is 2.77. The van der Waals surface area contributed by atoms with Crippen molar-refractivity contribution in [1.29, 1.82) is 0 Å². The molecule has 0 saturated carbocycles. The molecule has 130 valence electrons. The zero-order valence-corrected chi connectivity index (χ0v) is 14.7. The van der Waals surface area contributed by atoms with E-state index in [1.165, 1.54) is 0 Å². The minimum atomic E-state index is -3.45. The summed E-state index contributed by atoms with van der Waals surface area (Å²) in [5, 5.41) is 0. The van der Waals surface area contributed by atoms with Crippen LogP contribution in [0.4, 0.5) is 0 Å². The van der Waals surface area contributed by atoms with Crippen molar-refractivity contribution in [2.45, 2.75) is 11.4 Å². The summed E-state index contributed by atoms with van der Waals surface area (Å²) in [6.07, 6.45) is 3.69. The Morgan fingerprint density at radius 1 is 1.12 bits per heavy atom. The van der Waals surface area contributed by atoms with E-state index in [0.717, 1.165) is 12.4 Å². The molecule has 7 nitrogen and oxygen atoms in total. The van der Waals surface area contributed by atoms with E-state index in [4.69, 9.17) is 4.74 Å². The minimum absolute atomic E-state index is 0.306. The third-order valence-corrected chi connectivity index (χ3v) is 6.23. The summed E-state index contributed by atoms with van der Waals surface area (Å²) in [5.41, 5.74) is 0. The molecule has 3 rings (SSSR count). The van der Waals surface area contributed by atoms with E-state index >= 15 is 0 Å². The molecule has 1 aliphatic heterocycles. The Labute approximate surface area is 142 Å². The van der Waals surface area contributed by atoms with E-state index in [2.05, 4.69) is 9.88 Å². The Bertz CT molecular complexity index is 778. The van der Waals surface area contributed by atoms with Crippen LogP contribution in [0, 0.1) is 0 Å². The van der Waals surface area contributed by atoms with Gasteiger partial charge in [-0.2, -0.15) is 4.31 Å². The maximum Gasteiger partial charge on any atom is 0.243 e. The highest BCUT2D eigenvalue weighted by atomic mass is 32.2. The van der Waals surface area contributed by atoms with Crippen LogP contribution < -0.4 is 4.74 Å². The van der Waals surface area contributed by atoms with Crippen molar-refractivity contribution in [3.8, 4) is 5.75 Å². The highest BCUT2D eigenvalue weighted by Gasteiger charge is 2.28. The smallest absolute Gasteiger partial charge is 0.243 e. The molecule has 0 amide bonds. The standard InChI is InChI=1S/C16H22N4O3S/c1-18-8-7-17-16(18)13-19-9-11-20(12-10-19)24(21,22)15-5-3-14(23-2)4-6-15/h3-8H,9-13H2,1-2H3. The van der Waals surface area contributed by atoms with Gasteiger partial charge in [-0.1, -0.05) is 0 Å². The Morgan fingerprint density at radius 2 is 1.79 bits per heavy atom. The summed E-state index contributed by atoms with van der Waals surface area (Å²) in [5.74, 6) is 1.63. The van der Waals surface area contributed by atoms with Gasteiger partial charge in [0, 0.05) is 45.6 Å². The van der Waals surface area contributed by atoms with Gasteiger partial charge in [-0.25, -0.2) is 13.4 Å². The molecule has 1 fully saturated rings. The van der Waals surface area contributed by atoms with Gasteiger partial charge in [-0.15, -0.1) is 0 Å². The summed E-state index contributed by atoms with van der Waals surface area (Å²) in [7, 11) is 0.0745. The number of sulfonamides is 1. The van der Waals surface area contributed by atoms with Crippen molar-refractivity contribution >= 4 is 10.0 Å². The number of hydrogen-bond acceptors (Lipinski definition) is 5. The van der Waals surface area contributed by atoms with E-state index in [1.54, 1.807) is 41.9 Å². The molecule has 1 aromatic heterocycles. The number of benzene rings is 1. The first-order valence-corrected chi connectivity index (χ1v) is 9.27. The number of ether oxygens (including phenoxy) is 1. The first-order valence-electron chi connectivity index (χ1n) is 7.83. The summed E-state index contributed by atoms with van der Waals surface area (Å²) in [4.78, 5) is 6.85. The van der Waals surface area contributed by atoms with Crippen LogP contribution in [0.3, 0.4) is 0 Å². The zero-order valence-electron chi connectivity index (χ0n) is 13.9. The predicted octanol–water partition coefficient (Wildman–Crippen LogP) is 0.935. The van der Waals surface area contributed by atoms with E-state index in [9.17, 15) is 8.42 Å². The third kappa shape index (κ3) is 3.45. The van der Waals surface area contributed by atoms with Crippen molar-refractivity contribution < 1.29 is 13.2 Å². The molecule has 1 aromatic carbocycles. The predicted molar refractivity (Wildman–Crippen MR) is 90.2 cm³/mol. The van der Waals surface area contributed by atoms with Gasteiger partial charge in [0.1, 0.15) is 11.6 Å². The van der Waals surface area contributed by atoms with Gasteiger partial charge in [0.15, 0.2) is 0 Å². The molecule has 0 spiro atoms. The minimum Gasteiger partial charge on any atom is -0.497 e. The molecule has 2 aromatic rings. The van der Waals surface area contributed by atoms with Gasteiger partial charge >= 0.3 is 0 Å². The number of methoxy groups -OCH3 is 1. The summed E-state index contributed by atoms with van der Waals surface area (Å²) >= 11 is 0. The third-order valence-electron chi connectivity index (χ3n) is 4.31. The molecular weight excluding hydrogens is 328 g/mol. The van der Waals surface area contributed by atoms with Crippen molar-refractivity contribution in [1.82, 2.24) is 18.8 Å². The SMILES string of the molecule is COc1ccc(S(=O)(=O)N2CCN(Cc3nccn3C)CC2)cc1. The maximum absolute atomic E-state index is 12.7. The van der Waals surface area contributed by atoms with Gasteiger partial charge in [-0.3, -0.25) is 4.90 Å². The second-order valence-electron chi connectivity index (χ2n) is 5.81. The van der Waals surface area contributed by atoms with E-state index < -0.39 is 10.0 Å². The molecule has 1 saturated heterocycles. The Balaban J connectivity index is 1.63. The number of aromatic nitrogens is 2. The van der Waals surface area contributed by atoms with E-state index in [0.29, 0.717) is 36.8 Å². The molecule has 0 bridgehead atoms. The lowest BCUT2D eigenvalue weighted by Gasteiger charge is -2.33. The van der Waals surface area contributed by atoms with Crippen LogP contribution in [0.1, 0.15) is 5.82 Å². The molecule has 1 aliphatic rings. The van der Waals surface area contributed by atoms with Gasteiger partial charge in [-0.05, 0) is 24.3 Å². The van der Waals surface area contributed by atoms with Crippen LogP contribution in [-0.2, 0) is 23.6 Å². The van der Waals surface area contributed by atoms with Gasteiger partial charge < -0.3 is 9.30 Å². The summed E-state index contributed by atoms with van der Waals surface area (Å²) < 4.78 is 34.0. The second-order valence-corrected chi connectivity index (χ2v) is 7.75. The summed E-state index contributed by atoms with van der Waals surface area (Å²) in [6, 6.07) is 6.53. The van der Waals surface area contributed by atoms with Gasteiger partial charge in [0.2, 0.25) is 10.0 Å². The largest absolute Gasteiger partial charge is 0.497 e. The molecule has 24 heavy (non-hydrogen) atoms. The van der Waals surface area contributed by atoms with Crippen molar-refractivity contribution in [3.05, 3.63) is 42.5 Å². The monoisotopic (exact) mass is 350 g/mol.